The topological polar surface area (TPSA) is 96.6 Å². The molecule has 0 aliphatic rings. The minimum Gasteiger partial charge on any atom is -0.506 e. The first-order chi connectivity index (χ1) is 14.6. The fraction of sp³-hybridized carbons (Fsp3) is 0.304. The van der Waals surface area contributed by atoms with Crippen molar-refractivity contribution < 1.29 is 9.90 Å². The number of carbonyl (C=O) groups is 1. The van der Waals surface area contributed by atoms with E-state index in [9.17, 15) is 14.7 Å². The quantitative estimate of drug-likeness (QED) is 0.321. The zero-order valence-electron chi connectivity index (χ0n) is 17.0. The zero-order chi connectivity index (χ0) is 21.3. The van der Waals surface area contributed by atoms with Gasteiger partial charge in [0.2, 0.25) is 0 Å². The predicted octanol–water partition coefficient (Wildman–Crippen LogP) is 3.84. The monoisotopic (exact) mass is 406 g/mol. The lowest BCUT2D eigenvalue weighted by atomic mass is 10.1. The summed E-state index contributed by atoms with van der Waals surface area (Å²) in [5.41, 5.74) is 2.89. The summed E-state index contributed by atoms with van der Waals surface area (Å²) in [4.78, 5) is 29.7. The van der Waals surface area contributed by atoms with Gasteiger partial charge in [-0.3, -0.25) is 14.6 Å². The number of rotatable bonds is 9. The Hall–Kier alpha value is -3.48. The van der Waals surface area contributed by atoms with Crippen molar-refractivity contribution in [3.63, 3.8) is 0 Å². The van der Waals surface area contributed by atoms with Gasteiger partial charge in [-0.25, -0.2) is 5.43 Å². The molecular weight excluding hydrogens is 380 g/mol. The summed E-state index contributed by atoms with van der Waals surface area (Å²) in [7, 11) is 0. The third-order valence-corrected chi connectivity index (χ3v) is 4.94. The molecule has 3 rings (SSSR count). The van der Waals surface area contributed by atoms with Crippen LogP contribution in [0.4, 0.5) is 0 Å². The van der Waals surface area contributed by atoms with Crippen LogP contribution in [-0.2, 0) is 6.54 Å². The Morgan fingerprint density at radius 1 is 1.13 bits per heavy atom. The smallest absolute Gasteiger partial charge is 0.280 e. The second-order valence-corrected chi connectivity index (χ2v) is 7.09. The van der Waals surface area contributed by atoms with Gasteiger partial charge in [-0.2, -0.15) is 5.10 Å². The average molecular weight is 406 g/mol. The van der Waals surface area contributed by atoms with Gasteiger partial charge in [0.25, 0.3) is 11.5 Å². The normalized spacial score (nSPS) is 11.2. The number of amides is 1. The molecule has 0 atom stereocenters. The van der Waals surface area contributed by atoms with Gasteiger partial charge < -0.3 is 9.67 Å². The Morgan fingerprint density at radius 3 is 2.63 bits per heavy atom. The highest BCUT2D eigenvalue weighted by atomic mass is 16.3. The summed E-state index contributed by atoms with van der Waals surface area (Å²) < 4.78 is 1.57. The van der Waals surface area contributed by atoms with Crippen molar-refractivity contribution in [2.75, 3.05) is 0 Å². The number of hydrazone groups is 1. The third kappa shape index (κ3) is 4.92. The molecule has 1 amide bonds. The minimum atomic E-state index is -0.742. The Morgan fingerprint density at radius 2 is 1.87 bits per heavy atom. The van der Waals surface area contributed by atoms with Gasteiger partial charge in [0, 0.05) is 24.3 Å². The highest BCUT2D eigenvalue weighted by Gasteiger charge is 2.21. The number of hydrogen-bond donors (Lipinski definition) is 2. The number of hydrogen-bond acceptors (Lipinski definition) is 5. The Kier molecular flexibility index (Phi) is 7.32. The first-order valence-electron chi connectivity index (χ1n) is 10.2. The fourth-order valence-electron chi connectivity index (χ4n) is 3.36. The summed E-state index contributed by atoms with van der Waals surface area (Å²) in [6.07, 6.45) is 9.92. The Labute approximate surface area is 175 Å². The Bertz CT molecular complexity index is 1090. The van der Waals surface area contributed by atoms with Crippen LogP contribution in [0.3, 0.4) is 0 Å². The summed E-state index contributed by atoms with van der Waals surface area (Å²) in [5.74, 6) is -1.07. The lowest BCUT2D eigenvalue weighted by Gasteiger charge is -2.14. The van der Waals surface area contributed by atoms with E-state index in [4.69, 9.17) is 0 Å². The average Bonchev–Trinajstić information content (AvgIpc) is 2.76. The van der Waals surface area contributed by atoms with E-state index in [-0.39, 0.29) is 11.3 Å². The molecule has 0 unspecified atom stereocenters. The second-order valence-electron chi connectivity index (χ2n) is 7.09. The van der Waals surface area contributed by atoms with Crippen LogP contribution in [0.2, 0.25) is 0 Å². The number of carbonyl (C=O) groups excluding carboxylic acids is 1. The number of fused-ring (bicyclic) bond motifs is 1. The van der Waals surface area contributed by atoms with Crippen LogP contribution >= 0.6 is 0 Å². The van der Waals surface area contributed by atoms with Crippen molar-refractivity contribution in [2.24, 2.45) is 5.10 Å². The van der Waals surface area contributed by atoms with E-state index in [1.54, 1.807) is 47.3 Å². The molecule has 1 aromatic carbocycles. The maximum absolute atomic E-state index is 13.1. The van der Waals surface area contributed by atoms with Gasteiger partial charge in [-0.1, -0.05) is 44.7 Å². The number of para-hydroxylation sites is 1. The highest BCUT2D eigenvalue weighted by molar-refractivity contribution is 6.02. The predicted molar refractivity (Wildman–Crippen MR) is 118 cm³/mol. The molecule has 0 fully saturated rings. The molecule has 0 aliphatic carbocycles. The summed E-state index contributed by atoms with van der Waals surface area (Å²) in [5, 5.41) is 15.0. The number of benzene rings is 1. The van der Waals surface area contributed by atoms with Crippen LogP contribution in [0.25, 0.3) is 10.9 Å². The maximum atomic E-state index is 13.1. The van der Waals surface area contributed by atoms with E-state index in [1.807, 2.05) is 6.07 Å². The van der Waals surface area contributed by atoms with Crippen LogP contribution in [0.5, 0.6) is 5.75 Å². The van der Waals surface area contributed by atoms with Crippen molar-refractivity contribution >= 4 is 23.0 Å². The van der Waals surface area contributed by atoms with Gasteiger partial charge >= 0.3 is 0 Å². The van der Waals surface area contributed by atoms with Gasteiger partial charge in [0.1, 0.15) is 11.3 Å². The zero-order valence-corrected chi connectivity index (χ0v) is 17.0. The molecule has 7 nitrogen and oxygen atoms in total. The lowest BCUT2D eigenvalue weighted by molar-refractivity contribution is 0.0950. The molecule has 2 heterocycles. The van der Waals surface area contributed by atoms with Crippen molar-refractivity contribution in [3.8, 4) is 5.75 Å². The van der Waals surface area contributed by atoms with E-state index in [2.05, 4.69) is 22.4 Å². The number of pyridine rings is 2. The van der Waals surface area contributed by atoms with Gasteiger partial charge in [-0.05, 0) is 36.2 Å². The number of aromatic nitrogens is 2. The molecule has 0 spiro atoms. The van der Waals surface area contributed by atoms with Crippen molar-refractivity contribution in [3.05, 3.63) is 70.3 Å². The number of aromatic hydroxyl groups is 1. The van der Waals surface area contributed by atoms with E-state index in [1.165, 1.54) is 6.21 Å². The molecule has 30 heavy (non-hydrogen) atoms. The molecule has 156 valence electrons. The van der Waals surface area contributed by atoms with Crippen LogP contribution < -0.4 is 11.0 Å². The molecule has 2 N–H and O–H groups in total. The van der Waals surface area contributed by atoms with E-state index >= 15 is 0 Å². The standard InChI is InChI=1S/C23H26N4O3/c1-2-3-4-5-8-15-27-19-10-7-6-9-18(19)21(28)20(23(27)30)22(29)26-25-16-17-11-13-24-14-12-17/h6-7,9-14,16,28H,2-5,8,15H2,1H3,(H,26,29)/b25-16-. The summed E-state index contributed by atoms with van der Waals surface area (Å²) in [6.45, 7) is 2.64. The summed E-state index contributed by atoms with van der Waals surface area (Å²) >= 11 is 0. The first-order valence-corrected chi connectivity index (χ1v) is 10.2. The number of aryl methyl sites for hydroxylation is 1. The number of nitrogens with zero attached hydrogens (tertiary/aromatic N) is 3. The minimum absolute atomic E-state index is 0.297. The SMILES string of the molecule is CCCCCCCn1c(=O)c(C(=O)N/N=C\c2ccncc2)c(O)c2ccccc21. The summed E-state index contributed by atoms with van der Waals surface area (Å²) in [6, 6.07) is 10.5. The molecular formula is C23H26N4O3. The molecule has 0 bridgehead atoms. The van der Waals surface area contributed by atoms with Gasteiger partial charge in [-0.15, -0.1) is 0 Å². The van der Waals surface area contributed by atoms with E-state index in [0.29, 0.717) is 17.4 Å². The van der Waals surface area contributed by atoms with E-state index < -0.39 is 11.5 Å². The third-order valence-electron chi connectivity index (χ3n) is 4.94. The van der Waals surface area contributed by atoms with Gasteiger partial charge in [0.15, 0.2) is 0 Å². The second kappa shape index (κ2) is 10.3. The molecule has 0 saturated carbocycles. The van der Waals surface area contributed by atoms with Crippen LogP contribution in [0.15, 0.2) is 58.7 Å². The largest absolute Gasteiger partial charge is 0.506 e. The maximum Gasteiger partial charge on any atom is 0.280 e. The molecule has 0 saturated heterocycles. The number of unbranched alkanes of at least 4 members (excludes halogenated alkanes) is 4. The fourth-order valence-corrected chi connectivity index (χ4v) is 3.36. The lowest BCUT2D eigenvalue weighted by Crippen LogP contribution is -2.31. The van der Waals surface area contributed by atoms with Crippen molar-refractivity contribution in [2.45, 2.75) is 45.6 Å². The molecule has 2 aromatic heterocycles. The van der Waals surface area contributed by atoms with Crippen molar-refractivity contribution in [1.29, 1.82) is 0 Å². The Balaban J connectivity index is 1.88. The van der Waals surface area contributed by atoms with Crippen LogP contribution in [-0.4, -0.2) is 26.8 Å². The van der Waals surface area contributed by atoms with Gasteiger partial charge in [0.05, 0.1) is 11.7 Å². The highest BCUT2D eigenvalue weighted by Crippen LogP contribution is 2.26. The molecule has 3 aromatic rings. The molecule has 0 radical (unpaired) electrons. The van der Waals surface area contributed by atoms with Crippen molar-refractivity contribution in [1.82, 2.24) is 15.0 Å². The van der Waals surface area contributed by atoms with Crippen LogP contribution in [0.1, 0.15) is 54.9 Å². The first kappa shape index (κ1) is 21.2. The molecule has 0 aliphatic heterocycles. The van der Waals surface area contributed by atoms with E-state index in [0.717, 1.165) is 37.7 Å². The molecule has 7 heteroatoms. The number of nitrogens with one attached hydrogen (secondary N) is 1. The van der Waals surface area contributed by atoms with Crippen LogP contribution in [0, 0.1) is 0 Å².